The Labute approximate surface area is 163 Å². The molecule has 3 fully saturated rings. The number of ether oxygens (including phenoxy) is 3. The molecule has 3 nitrogen and oxygen atoms in total. The van der Waals surface area contributed by atoms with Crippen molar-refractivity contribution in [1.29, 1.82) is 0 Å². The van der Waals surface area contributed by atoms with E-state index in [1.165, 1.54) is 38.5 Å². The van der Waals surface area contributed by atoms with Crippen LogP contribution in [0, 0.1) is 0 Å². The average Bonchev–Trinajstić information content (AvgIpc) is 3.09. The van der Waals surface area contributed by atoms with Crippen LogP contribution in [0.2, 0.25) is 0 Å². The first kappa shape index (κ1) is 33.4. The van der Waals surface area contributed by atoms with Gasteiger partial charge >= 0.3 is 34.7 Å². The molecule has 3 aliphatic heterocycles. The Hall–Kier alpha value is 1.81. The van der Waals surface area contributed by atoms with Gasteiger partial charge in [-0.3, -0.25) is 0 Å². The third-order valence-electron chi connectivity index (χ3n) is 2.48. The smallest absolute Gasteiger partial charge is 1.00 e. The molecular formula is C12H24Cl3Cr2O3+3. The molecule has 20 heavy (non-hydrogen) atoms. The van der Waals surface area contributed by atoms with Gasteiger partial charge in [0.15, 0.2) is 0 Å². The quantitative estimate of drug-likeness (QED) is 0.386. The van der Waals surface area contributed by atoms with E-state index < -0.39 is 0 Å². The third-order valence-corrected chi connectivity index (χ3v) is 2.48. The van der Waals surface area contributed by atoms with Crippen molar-refractivity contribution in [3.8, 4) is 0 Å². The van der Waals surface area contributed by atoms with E-state index in [9.17, 15) is 0 Å². The Morgan fingerprint density at radius 2 is 0.500 bits per heavy atom. The van der Waals surface area contributed by atoms with E-state index in [0.717, 1.165) is 39.6 Å². The molecule has 0 aromatic carbocycles. The molecule has 0 N–H and O–H groups in total. The summed E-state index contributed by atoms with van der Waals surface area (Å²) in [4.78, 5) is 0. The molecule has 0 amide bonds. The van der Waals surface area contributed by atoms with Crippen LogP contribution in [0.1, 0.15) is 38.5 Å². The van der Waals surface area contributed by atoms with Gasteiger partial charge < -0.3 is 51.4 Å². The summed E-state index contributed by atoms with van der Waals surface area (Å²) >= 11 is 0. The maximum absolute atomic E-state index is 4.94. The van der Waals surface area contributed by atoms with Crippen LogP contribution in [0.25, 0.3) is 0 Å². The molecule has 2 radical (unpaired) electrons. The zero-order valence-corrected chi connectivity index (χ0v) is 16.5. The van der Waals surface area contributed by atoms with Crippen LogP contribution in [-0.2, 0) is 48.9 Å². The van der Waals surface area contributed by atoms with Crippen molar-refractivity contribution < 1.29 is 86.2 Å². The summed E-state index contributed by atoms with van der Waals surface area (Å²) in [5.74, 6) is 0. The molecule has 120 valence electrons. The Morgan fingerprint density at radius 1 is 0.350 bits per heavy atom. The van der Waals surface area contributed by atoms with Gasteiger partial charge in [0.1, 0.15) is 0 Å². The summed E-state index contributed by atoms with van der Waals surface area (Å²) in [7, 11) is 0. The summed E-state index contributed by atoms with van der Waals surface area (Å²) < 4.78 is 14.8. The van der Waals surface area contributed by atoms with Crippen molar-refractivity contribution in [2.45, 2.75) is 38.5 Å². The number of halogens is 3. The van der Waals surface area contributed by atoms with Gasteiger partial charge in [0.2, 0.25) is 0 Å². The monoisotopic (exact) mass is 425 g/mol. The first-order chi connectivity index (χ1) is 7.50. The standard InChI is InChI=1S/3C4H8O.3ClH.2Cr/c3*1-2-4-5-3-1;;;;;/h3*1-4H2;3*1H;;/q;;;;;;2*+3/p-3. The summed E-state index contributed by atoms with van der Waals surface area (Å²) in [5, 5.41) is 0. The molecule has 8 heteroatoms. The Kier molecular flexibility index (Phi) is 48.3. The first-order valence-corrected chi connectivity index (χ1v) is 6.23. The van der Waals surface area contributed by atoms with E-state index in [1.54, 1.807) is 0 Å². The minimum atomic E-state index is 0. The van der Waals surface area contributed by atoms with Gasteiger partial charge in [-0.25, -0.2) is 0 Å². The van der Waals surface area contributed by atoms with Crippen LogP contribution in [0.15, 0.2) is 0 Å². The van der Waals surface area contributed by atoms with Crippen LogP contribution in [0.3, 0.4) is 0 Å². The average molecular weight is 427 g/mol. The van der Waals surface area contributed by atoms with Crippen LogP contribution in [0.5, 0.6) is 0 Å². The predicted octanol–water partition coefficient (Wildman–Crippen LogP) is -6.60. The summed E-state index contributed by atoms with van der Waals surface area (Å²) in [6, 6.07) is 0. The fourth-order valence-corrected chi connectivity index (χ4v) is 1.53. The largest absolute Gasteiger partial charge is 3.00 e. The van der Waals surface area contributed by atoms with Crippen molar-refractivity contribution >= 4 is 0 Å². The molecule has 0 bridgehead atoms. The predicted molar refractivity (Wildman–Crippen MR) is 60.2 cm³/mol. The van der Waals surface area contributed by atoms with E-state index in [0.29, 0.717) is 0 Å². The van der Waals surface area contributed by atoms with E-state index in [-0.39, 0.29) is 71.9 Å². The van der Waals surface area contributed by atoms with E-state index in [2.05, 4.69) is 0 Å². The van der Waals surface area contributed by atoms with E-state index in [1.807, 2.05) is 0 Å². The normalized spacial score (nSPS) is 18.0. The van der Waals surface area contributed by atoms with Gasteiger partial charge in [-0.2, -0.15) is 0 Å². The zero-order valence-electron chi connectivity index (χ0n) is 11.7. The second kappa shape index (κ2) is 28.9. The molecule has 0 aliphatic carbocycles. The topological polar surface area (TPSA) is 27.7 Å². The maximum Gasteiger partial charge on any atom is 3.00 e. The van der Waals surface area contributed by atoms with Gasteiger partial charge in [-0.15, -0.1) is 0 Å². The third kappa shape index (κ3) is 24.8. The fourth-order valence-electron chi connectivity index (χ4n) is 1.53. The summed E-state index contributed by atoms with van der Waals surface area (Å²) in [6.07, 6.45) is 7.67. The SMILES string of the molecule is C1CCOC1.C1CCOC1.C1CCOC1.[Cl-].[Cl-].[Cl-].[Cr+3].[Cr+3]. The molecule has 0 atom stereocenters. The van der Waals surface area contributed by atoms with Crippen molar-refractivity contribution in [1.82, 2.24) is 0 Å². The molecule has 0 unspecified atom stereocenters. The van der Waals surface area contributed by atoms with Gasteiger partial charge in [0, 0.05) is 39.6 Å². The fraction of sp³-hybridized carbons (Fsp3) is 1.00. The van der Waals surface area contributed by atoms with Gasteiger partial charge in [0.25, 0.3) is 0 Å². The Balaban J connectivity index is -0.0000000500. The summed E-state index contributed by atoms with van der Waals surface area (Å²) in [6.45, 7) is 6.00. The number of hydrogen-bond donors (Lipinski definition) is 0. The van der Waals surface area contributed by atoms with Crippen molar-refractivity contribution in [2.24, 2.45) is 0 Å². The van der Waals surface area contributed by atoms with Crippen LogP contribution in [0.4, 0.5) is 0 Å². The van der Waals surface area contributed by atoms with Crippen molar-refractivity contribution in [3.05, 3.63) is 0 Å². The van der Waals surface area contributed by atoms with Gasteiger partial charge in [0.05, 0.1) is 0 Å². The second-order valence-corrected chi connectivity index (χ2v) is 3.96. The van der Waals surface area contributed by atoms with Crippen molar-refractivity contribution in [2.75, 3.05) is 39.6 Å². The molecular weight excluding hydrogens is 402 g/mol. The molecule has 3 saturated heterocycles. The molecule has 0 spiro atoms. The Morgan fingerprint density at radius 3 is 0.550 bits per heavy atom. The van der Waals surface area contributed by atoms with E-state index in [4.69, 9.17) is 14.2 Å². The molecule has 0 saturated carbocycles. The minimum absolute atomic E-state index is 0. The molecule has 0 aromatic heterocycles. The van der Waals surface area contributed by atoms with Crippen LogP contribution >= 0.6 is 0 Å². The maximum atomic E-state index is 4.94. The number of hydrogen-bond acceptors (Lipinski definition) is 3. The van der Waals surface area contributed by atoms with Gasteiger partial charge in [-0.1, -0.05) is 0 Å². The molecule has 3 heterocycles. The molecule has 3 rings (SSSR count). The van der Waals surface area contributed by atoms with Crippen LogP contribution in [-0.4, -0.2) is 39.6 Å². The molecule has 0 aromatic rings. The van der Waals surface area contributed by atoms with Crippen molar-refractivity contribution in [3.63, 3.8) is 0 Å². The summed E-state index contributed by atoms with van der Waals surface area (Å²) in [5.41, 5.74) is 0. The zero-order chi connectivity index (χ0) is 10.6. The molecule has 3 aliphatic rings. The van der Waals surface area contributed by atoms with Crippen LogP contribution < -0.4 is 37.2 Å². The second-order valence-electron chi connectivity index (χ2n) is 3.96. The first-order valence-electron chi connectivity index (χ1n) is 6.23. The van der Waals surface area contributed by atoms with E-state index >= 15 is 0 Å². The Bertz CT molecular complexity index is 90.5. The minimum Gasteiger partial charge on any atom is -1.00 e. The number of rotatable bonds is 0. The van der Waals surface area contributed by atoms with Gasteiger partial charge in [-0.05, 0) is 38.5 Å².